The van der Waals surface area contributed by atoms with Crippen molar-refractivity contribution in [1.29, 1.82) is 0 Å². The van der Waals surface area contributed by atoms with Crippen LogP contribution in [0.3, 0.4) is 0 Å². The van der Waals surface area contributed by atoms with E-state index in [0.29, 0.717) is 0 Å². The Kier molecular flexibility index (Phi) is 6.94. The maximum atomic E-state index is 11.3. The number of hydrogen-bond donors (Lipinski definition) is 1. The monoisotopic (exact) mass is 280 g/mol. The Morgan fingerprint density at radius 2 is 1.93 bits per heavy atom. The fourth-order valence-electron chi connectivity index (χ4n) is 0.867. The lowest BCUT2D eigenvalue weighted by atomic mass is 10.1. The first-order valence-electron chi connectivity index (χ1n) is 4.51. The Labute approximate surface area is 95.9 Å². The number of halogens is 1. The second-order valence-corrected chi connectivity index (χ2v) is 3.94. The number of aliphatic carboxylic acids is 1. The molecule has 0 aromatic carbocycles. The van der Waals surface area contributed by atoms with Gasteiger partial charge in [-0.2, -0.15) is 0 Å². The summed E-state index contributed by atoms with van der Waals surface area (Å²) in [7, 11) is 0. The van der Waals surface area contributed by atoms with E-state index < -0.39 is 16.8 Å². The standard InChI is InChI=1S/C9H13BrO5/c1-2-15-9(14)5-6(10)7(11)3-4-8(12)13/h6H,2-5H2,1H3,(H,12,13). The number of alkyl halides is 1. The number of ketones is 1. The molecule has 0 heterocycles. The van der Waals surface area contributed by atoms with Crippen molar-refractivity contribution in [2.24, 2.45) is 0 Å². The van der Waals surface area contributed by atoms with Crippen LogP contribution in [0.4, 0.5) is 0 Å². The molecular formula is C9H13BrO5. The fraction of sp³-hybridized carbons (Fsp3) is 0.667. The van der Waals surface area contributed by atoms with Crippen molar-refractivity contribution in [2.45, 2.75) is 31.0 Å². The number of carbonyl (C=O) groups is 3. The topological polar surface area (TPSA) is 80.7 Å². The van der Waals surface area contributed by atoms with Gasteiger partial charge in [-0.05, 0) is 6.92 Å². The first-order chi connectivity index (χ1) is 6.97. The summed E-state index contributed by atoms with van der Waals surface area (Å²) in [5.41, 5.74) is 0. The van der Waals surface area contributed by atoms with Crippen LogP contribution in [0.15, 0.2) is 0 Å². The Hall–Kier alpha value is -0.910. The average molecular weight is 281 g/mol. The molecule has 0 aromatic rings. The molecule has 0 saturated carbocycles. The first kappa shape index (κ1) is 14.1. The van der Waals surface area contributed by atoms with Gasteiger partial charge in [0, 0.05) is 6.42 Å². The van der Waals surface area contributed by atoms with Crippen molar-refractivity contribution >= 4 is 33.7 Å². The molecule has 5 nitrogen and oxygen atoms in total. The maximum absolute atomic E-state index is 11.3. The second kappa shape index (κ2) is 7.39. The van der Waals surface area contributed by atoms with Crippen molar-refractivity contribution in [3.05, 3.63) is 0 Å². The van der Waals surface area contributed by atoms with Gasteiger partial charge in [0.05, 0.1) is 24.3 Å². The highest BCUT2D eigenvalue weighted by molar-refractivity contribution is 9.10. The van der Waals surface area contributed by atoms with E-state index in [4.69, 9.17) is 5.11 Å². The lowest BCUT2D eigenvalue weighted by molar-refractivity contribution is -0.144. The number of carboxylic acids is 1. The summed E-state index contributed by atoms with van der Waals surface area (Å²) in [6.45, 7) is 1.94. The van der Waals surface area contributed by atoms with Gasteiger partial charge in [-0.1, -0.05) is 15.9 Å². The van der Waals surface area contributed by atoms with Crippen LogP contribution in [-0.2, 0) is 19.1 Å². The summed E-state index contributed by atoms with van der Waals surface area (Å²) in [4.78, 5) is 31.8. The van der Waals surface area contributed by atoms with Crippen LogP contribution >= 0.6 is 15.9 Å². The van der Waals surface area contributed by atoms with Gasteiger partial charge >= 0.3 is 11.9 Å². The minimum absolute atomic E-state index is 0.0632. The van der Waals surface area contributed by atoms with Crippen molar-refractivity contribution in [3.8, 4) is 0 Å². The van der Waals surface area contributed by atoms with E-state index in [9.17, 15) is 14.4 Å². The van der Waals surface area contributed by atoms with Crippen LogP contribution in [0, 0.1) is 0 Å². The fourth-order valence-corrected chi connectivity index (χ4v) is 1.36. The molecule has 1 unspecified atom stereocenters. The molecule has 0 rings (SSSR count). The largest absolute Gasteiger partial charge is 0.481 e. The van der Waals surface area contributed by atoms with Gasteiger partial charge in [-0.3, -0.25) is 14.4 Å². The van der Waals surface area contributed by atoms with Crippen LogP contribution in [-0.4, -0.2) is 34.3 Å². The van der Waals surface area contributed by atoms with E-state index in [1.807, 2.05) is 0 Å². The highest BCUT2D eigenvalue weighted by Gasteiger charge is 2.19. The van der Waals surface area contributed by atoms with Gasteiger partial charge in [0.15, 0.2) is 0 Å². The van der Waals surface area contributed by atoms with Crippen LogP contribution < -0.4 is 0 Å². The third-order valence-electron chi connectivity index (χ3n) is 1.59. The third kappa shape index (κ3) is 7.07. The molecule has 86 valence electrons. The maximum Gasteiger partial charge on any atom is 0.307 e. The zero-order valence-corrected chi connectivity index (χ0v) is 9.95. The van der Waals surface area contributed by atoms with E-state index in [2.05, 4.69) is 20.7 Å². The summed E-state index contributed by atoms with van der Waals surface area (Å²) in [6, 6.07) is 0. The van der Waals surface area contributed by atoms with Crippen LogP contribution in [0.2, 0.25) is 0 Å². The molecule has 0 radical (unpaired) electrons. The molecule has 0 aromatic heterocycles. The van der Waals surface area contributed by atoms with Gasteiger partial charge in [0.2, 0.25) is 0 Å². The SMILES string of the molecule is CCOC(=O)CC(Br)C(=O)CCC(=O)O. The number of carbonyl (C=O) groups excluding carboxylic acids is 2. The molecule has 0 aliphatic carbocycles. The lowest BCUT2D eigenvalue weighted by Crippen LogP contribution is -2.20. The Morgan fingerprint density at radius 1 is 1.33 bits per heavy atom. The molecule has 0 aliphatic heterocycles. The van der Waals surface area contributed by atoms with Gasteiger partial charge < -0.3 is 9.84 Å². The van der Waals surface area contributed by atoms with Gasteiger partial charge in [-0.25, -0.2) is 0 Å². The van der Waals surface area contributed by atoms with Crippen molar-refractivity contribution in [2.75, 3.05) is 6.61 Å². The van der Waals surface area contributed by atoms with Gasteiger partial charge in [-0.15, -0.1) is 0 Å². The van der Waals surface area contributed by atoms with Crippen molar-refractivity contribution < 1.29 is 24.2 Å². The van der Waals surface area contributed by atoms with Gasteiger partial charge in [0.25, 0.3) is 0 Å². The number of esters is 1. The predicted molar refractivity (Wildman–Crippen MR) is 55.8 cm³/mol. The van der Waals surface area contributed by atoms with E-state index in [-0.39, 0.29) is 31.7 Å². The number of rotatable bonds is 7. The minimum Gasteiger partial charge on any atom is -0.481 e. The van der Waals surface area contributed by atoms with Gasteiger partial charge in [0.1, 0.15) is 5.78 Å². The zero-order chi connectivity index (χ0) is 11.8. The van der Waals surface area contributed by atoms with Crippen LogP contribution in [0.25, 0.3) is 0 Å². The molecule has 15 heavy (non-hydrogen) atoms. The predicted octanol–water partition coefficient (Wildman–Crippen LogP) is 1.14. The van der Waals surface area contributed by atoms with E-state index in [0.717, 1.165) is 0 Å². The van der Waals surface area contributed by atoms with E-state index in [1.165, 1.54) is 0 Å². The molecule has 0 spiro atoms. The van der Waals surface area contributed by atoms with E-state index >= 15 is 0 Å². The molecule has 0 bridgehead atoms. The summed E-state index contributed by atoms with van der Waals surface area (Å²) < 4.78 is 4.65. The van der Waals surface area contributed by atoms with Crippen molar-refractivity contribution in [3.63, 3.8) is 0 Å². The molecule has 0 fully saturated rings. The highest BCUT2D eigenvalue weighted by Crippen LogP contribution is 2.11. The van der Waals surface area contributed by atoms with Crippen LogP contribution in [0.1, 0.15) is 26.2 Å². The van der Waals surface area contributed by atoms with Crippen molar-refractivity contribution in [1.82, 2.24) is 0 Å². The third-order valence-corrected chi connectivity index (χ3v) is 2.42. The lowest BCUT2D eigenvalue weighted by Gasteiger charge is -2.07. The normalized spacial score (nSPS) is 11.9. The molecule has 6 heteroatoms. The molecular weight excluding hydrogens is 268 g/mol. The molecule has 0 amide bonds. The number of hydrogen-bond acceptors (Lipinski definition) is 4. The second-order valence-electron chi connectivity index (χ2n) is 2.84. The molecule has 0 saturated heterocycles. The first-order valence-corrected chi connectivity index (χ1v) is 5.43. The van der Waals surface area contributed by atoms with Crippen LogP contribution in [0.5, 0.6) is 0 Å². The smallest absolute Gasteiger partial charge is 0.307 e. The highest BCUT2D eigenvalue weighted by atomic mass is 79.9. The Morgan fingerprint density at radius 3 is 2.40 bits per heavy atom. The molecule has 1 N–H and O–H groups in total. The summed E-state index contributed by atoms with van der Waals surface area (Å²) >= 11 is 3.02. The zero-order valence-electron chi connectivity index (χ0n) is 8.36. The summed E-state index contributed by atoms with van der Waals surface area (Å²) in [5, 5.41) is 8.35. The number of carboxylic acid groups (broad SMARTS) is 1. The summed E-state index contributed by atoms with van der Waals surface area (Å²) in [5.74, 6) is -1.80. The quantitative estimate of drug-likeness (QED) is 0.559. The average Bonchev–Trinajstić information content (AvgIpc) is 2.14. The number of Topliss-reactive ketones (excluding diaryl/α,β-unsaturated/α-hetero) is 1. The summed E-state index contributed by atoms with van der Waals surface area (Å²) in [6.07, 6.45) is -0.360. The number of ether oxygens (including phenoxy) is 1. The Bertz CT molecular complexity index is 251. The van der Waals surface area contributed by atoms with E-state index in [1.54, 1.807) is 6.92 Å². The Balaban J connectivity index is 3.88. The molecule has 1 atom stereocenters. The minimum atomic E-state index is -1.03. The molecule has 0 aliphatic rings.